The second-order valence-electron chi connectivity index (χ2n) is 3.38. The first-order valence-corrected chi connectivity index (χ1v) is 6.72. The topological polar surface area (TPSA) is 64.1 Å². The number of methoxy groups -OCH3 is 1. The smallest absolute Gasteiger partial charge is 0.275 e. The number of hydrogen-bond acceptors (Lipinski definition) is 5. The summed E-state index contributed by atoms with van der Waals surface area (Å²) in [5, 5.41) is 5.20. The number of thiazole rings is 1. The van der Waals surface area contributed by atoms with E-state index < -0.39 is 0 Å². The van der Waals surface area contributed by atoms with E-state index in [1.54, 1.807) is 30.8 Å². The summed E-state index contributed by atoms with van der Waals surface area (Å²) in [7, 11) is 1.59. The van der Waals surface area contributed by atoms with E-state index in [-0.39, 0.29) is 5.91 Å². The maximum Gasteiger partial charge on any atom is 0.275 e. The van der Waals surface area contributed by atoms with Gasteiger partial charge in [0.05, 0.1) is 18.5 Å². The predicted molar refractivity (Wildman–Crippen MR) is 72.7 cm³/mol. The second-order valence-corrected chi connectivity index (χ2v) is 5.14. The Balaban J connectivity index is 2.04. The van der Waals surface area contributed by atoms with Crippen molar-refractivity contribution >= 4 is 38.9 Å². The molecule has 0 radical (unpaired) electrons. The molecule has 0 aliphatic heterocycles. The van der Waals surface area contributed by atoms with Crippen LogP contribution in [0.4, 0.5) is 5.69 Å². The van der Waals surface area contributed by atoms with Gasteiger partial charge < -0.3 is 10.1 Å². The van der Waals surface area contributed by atoms with Gasteiger partial charge in [0.15, 0.2) is 0 Å². The number of ether oxygens (including phenoxy) is 1. The molecule has 1 N–H and O–H groups in total. The van der Waals surface area contributed by atoms with Crippen LogP contribution in [0.3, 0.4) is 0 Å². The van der Waals surface area contributed by atoms with Gasteiger partial charge in [-0.25, -0.2) is 9.97 Å². The van der Waals surface area contributed by atoms with E-state index in [1.807, 2.05) is 0 Å². The lowest BCUT2D eigenvalue weighted by Crippen LogP contribution is -2.12. The van der Waals surface area contributed by atoms with Crippen LogP contribution in [0, 0.1) is 0 Å². The highest BCUT2D eigenvalue weighted by molar-refractivity contribution is 9.10. The summed E-state index contributed by atoms with van der Waals surface area (Å²) in [6, 6.07) is 3.52. The zero-order valence-corrected chi connectivity index (χ0v) is 11.9. The third-order valence-corrected chi connectivity index (χ3v) is 3.33. The molecule has 1 amide bonds. The molecular formula is C11H10BrN3O2S. The molecule has 18 heavy (non-hydrogen) atoms. The van der Waals surface area contributed by atoms with Gasteiger partial charge in [-0.15, -0.1) is 11.3 Å². The summed E-state index contributed by atoms with van der Waals surface area (Å²) in [6.07, 6.45) is 1.57. The van der Waals surface area contributed by atoms with E-state index in [2.05, 4.69) is 31.2 Å². The summed E-state index contributed by atoms with van der Waals surface area (Å²) < 4.78 is 5.67. The van der Waals surface area contributed by atoms with Crippen LogP contribution in [0.25, 0.3) is 0 Å². The highest BCUT2D eigenvalue weighted by Crippen LogP contribution is 2.14. The highest BCUT2D eigenvalue weighted by atomic mass is 79.9. The fraction of sp³-hybridized carbons (Fsp3) is 0.182. The van der Waals surface area contributed by atoms with E-state index in [4.69, 9.17) is 4.74 Å². The molecule has 0 spiro atoms. The maximum atomic E-state index is 11.9. The Bertz CT molecular complexity index is 541. The Labute approximate surface area is 116 Å². The van der Waals surface area contributed by atoms with Crippen molar-refractivity contribution in [2.75, 3.05) is 12.4 Å². The third-order valence-electron chi connectivity index (χ3n) is 2.04. The Morgan fingerprint density at radius 2 is 2.39 bits per heavy atom. The maximum absolute atomic E-state index is 11.9. The van der Waals surface area contributed by atoms with Crippen molar-refractivity contribution in [2.24, 2.45) is 0 Å². The molecule has 2 aromatic rings. The zero-order chi connectivity index (χ0) is 13.0. The first-order chi connectivity index (χ1) is 8.69. The Morgan fingerprint density at radius 3 is 3.06 bits per heavy atom. The summed E-state index contributed by atoms with van der Waals surface area (Å²) >= 11 is 4.62. The van der Waals surface area contributed by atoms with Gasteiger partial charge in [-0.05, 0) is 28.1 Å². The highest BCUT2D eigenvalue weighted by Gasteiger charge is 2.11. The first kappa shape index (κ1) is 13.1. The number of hydrogen-bond donors (Lipinski definition) is 1. The molecule has 0 saturated carbocycles. The monoisotopic (exact) mass is 327 g/mol. The molecule has 2 aromatic heterocycles. The molecule has 2 rings (SSSR count). The van der Waals surface area contributed by atoms with Gasteiger partial charge in [-0.3, -0.25) is 4.79 Å². The van der Waals surface area contributed by atoms with E-state index in [0.717, 1.165) is 9.61 Å². The SMILES string of the molecule is COCc1nc(C(=O)Nc2ccc(Br)nc2)cs1. The molecule has 7 heteroatoms. The van der Waals surface area contributed by atoms with Gasteiger partial charge in [0.25, 0.3) is 5.91 Å². The van der Waals surface area contributed by atoms with Gasteiger partial charge in [0, 0.05) is 12.5 Å². The quantitative estimate of drug-likeness (QED) is 0.877. The second kappa shape index (κ2) is 6.03. The number of carbonyl (C=O) groups excluding carboxylic acids is 1. The third kappa shape index (κ3) is 3.34. The minimum Gasteiger partial charge on any atom is -0.378 e. The van der Waals surface area contributed by atoms with E-state index in [9.17, 15) is 4.79 Å². The molecule has 0 unspecified atom stereocenters. The van der Waals surface area contributed by atoms with Crippen molar-refractivity contribution < 1.29 is 9.53 Å². The zero-order valence-electron chi connectivity index (χ0n) is 9.51. The number of aromatic nitrogens is 2. The number of nitrogens with zero attached hydrogens (tertiary/aromatic N) is 2. The molecule has 0 atom stereocenters. The number of anilines is 1. The molecule has 0 saturated heterocycles. The lowest BCUT2D eigenvalue weighted by molar-refractivity contribution is 0.102. The van der Waals surface area contributed by atoms with Crippen LogP contribution >= 0.6 is 27.3 Å². The average molecular weight is 328 g/mol. The van der Waals surface area contributed by atoms with Crippen LogP contribution in [0.5, 0.6) is 0 Å². The van der Waals surface area contributed by atoms with Crippen LogP contribution in [-0.2, 0) is 11.3 Å². The number of amides is 1. The first-order valence-electron chi connectivity index (χ1n) is 5.05. The summed E-state index contributed by atoms with van der Waals surface area (Å²) in [4.78, 5) is 20.1. The number of nitrogens with one attached hydrogen (secondary N) is 1. The Kier molecular flexibility index (Phi) is 4.40. The van der Waals surface area contributed by atoms with E-state index >= 15 is 0 Å². The van der Waals surface area contributed by atoms with Gasteiger partial charge in [-0.1, -0.05) is 0 Å². The minimum absolute atomic E-state index is 0.252. The average Bonchev–Trinajstić information content (AvgIpc) is 2.81. The number of halogens is 1. The normalized spacial score (nSPS) is 10.3. The lowest BCUT2D eigenvalue weighted by Gasteiger charge is -2.02. The standard InChI is InChI=1S/C11H10BrN3O2S/c1-17-5-10-15-8(6-18-10)11(16)14-7-2-3-9(12)13-4-7/h2-4,6H,5H2,1H3,(H,14,16). The molecular weight excluding hydrogens is 318 g/mol. The fourth-order valence-corrected chi connectivity index (χ4v) is 2.23. The van der Waals surface area contributed by atoms with Crippen molar-refractivity contribution in [2.45, 2.75) is 6.61 Å². The van der Waals surface area contributed by atoms with Gasteiger partial charge in [-0.2, -0.15) is 0 Å². The molecule has 2 heterocycles. The van der Waals surface area contributed by atoms with Gasteiger partial charge in [0.1, 0.15) is 15.3 Å². The number of rotatable bonds is 4. The summed E-state index contributed by atoms with van der Waals surface area (Å²) in [5.41, 5.74) is 1.01. The Morgan fingerprint density at radius 1 is 1.56 bits per heavy atom. The molecule has 0 bridgehead atoms. The largest absolute Gasteiger partial charge is 0.378 e. The molecule has 0 aliphatic carbocycles. The van der Waals surface area contributed by atoms with Crippen molar-refractivity contribution in [3.05, 3.63) is 39.0 Å². The molecule has 5 nitrogen and oxygen atoms in total. The summed E-state index contributed by atoms with van der Waals surface area (Å²) in [6.45, 7) is 0.414. The fourth-order valence-electron chi connectivity index (χ4n) is 1.25. The predicted octanol–water partition coefficient (Wildman–Crippen LogP) is 2.70. The minimum atomic E-state index is -0.252. The van der Waals surface area contributed by atoms with Crippen LogP contribution in [0.2, 0.25) is 0 Å². The lowest BCUT2D eigenvalue weighted by atomic mass is 10.4. The van der Waals surface area contributed by atoms with E-state index in [1.165, 1.54) is 11.3 Å². The number of pyridine rings is 1. The molecule has 0 aromatic carbocycles. The van der Waals surface area contributed by atoms with Gasteiger partial charge >= 0.3 is 0 Å². The van der Waals surface area contributed by atoms with Crippen molar-refractivity contribution in [3.8, 4) is 0 Å². The van der Waals surface area contributed by atoms with Gasteiger partial charge in [0.2, 0.25) is 0 Å². The van der Waals surface area contributed by atoms with Crippen LogP contribution in [0.15, 0.2) is 28.3 Å². The van der Waals surface area contributed by atoms with Crippen molar-refractivity contribution in [1.82, 2.24) is 9.97 Å². The molecule has 0 aliphatic rings. The van der Waals surface area contributed by atoms with Crippen LogP contribution in [-0.4, -0.2) is 23.0 Å². The van der Waals surface area contributed by atoms with E-state index in [0.29, 0.717) is 18.0 Å². The number of carbonyl (C=O) groups is 1. The van der Waals surface area contributed by atoms with Crippen LogP contribution in [0.1, 0.15) is 15.5 Å². The summed E-state index contributed by atoms with van der Waals surface area (Å²) in [5.74, 6) is -0.252. The van der Waals surface area contributed by atoms with Crippen molar-refractivity contribution in [1.29, 1.82) is 0 Å². The Hall–Kier alpha value is -1.31. The van der Waals surface area contributed by atoms with Crippen LogP contribution < -0.4 is 5.32 Å². The molecule has 0 fully saturated rings. The van der Waals surface area contributed by atoms with Crippen molar-refractivity contribution in [3.63, 3.8) is 0 Å². The molecule has 94 valence electrons.